The number of carbonyl (C=O) groups is 2. The zero-order chi connectivity index (χ0) is 24.3. The Balaban J connectivity index is 1.56. The molecule has 0 radical (unpaired) electrons. The van der Waals surface area contributed by atoms with E-state index in [-0.39, 0.29) is 29.8 Å². The number of aromatic nitrogens is 1. The maximum absolute atomic E-state index is 13.6. The van der Waals surface area contributed by atoms with Crippen LogP contribution in [-0.4, -0.2) is 45.8 Å². The fraction of sp³-hybridized carbons (Fsp3) is 0.379. The molecule has 0 saturated carbocycles. The fourth-order valence-electron chi connectivity index (χ4n) is 4.71. The highest BCUT2D eigenvalue weighted by atomic mass is 16.2. The first-order chi connectivity index (χ1) is 16.3. The minimum absolute atomic E-state index is 0.0191. The molecule has 1 aliphatic rings. The van der Waals surface area contributed by atoms with Crippen LogP contribution in [0.25, 0.3) is 0 Å². The molecule has 2 amide bonds. The quantitative estimate of drug-likeness (QED) is 0.506. The van der Waals surface area contributed by atoms with Crippen LogP contribution in [0.3, 0.4) is 0 Å². The Morgan fingerprint density at radius 1 is 0.941 bits per heavy atom. The van der Waals surface area contributed by atoms with Gasteiger partial charge in [0.15, 0.2) is 0 Å². The SMILES string of the molecule is CCCN(CC(=O)N1CCn2cccc2C1c1ccccc1)C(=O)c1ccc(C(C)(C)C)cc1. The maximum atomic E-state index is 13.6. The van der Waals surface area contributed by atoms with Gasteiger partial charge >= 0.3 is 0 Å². The van der Waals surface area contributed by atoms with Crippen molar-refractivity contribution in [3.8, 4) is 0 Å². The van der Waals surface area contributed by atoms with Gasteiger partial charge in [-0.2, -0.15) is 0 Å². The van der Waals surface area contributed by atoms with Crippen LogP contribution in [0.5, 0.6) is 0 Å². The van der Waals surface area contributed by atoms with Crippen molar-refractivity contribution in [1.82, 2.24) is 14.4 Å². The van der Waals surface area contributed by atoms with Crippen LogP contribution in [0.15, 0.2) is 72.9 Å². The summed E-state index contributed by atoms with van der Waals surface area (Å²) in [6.07, 6.45) is 2.87. The number of hydrogen-bond donors (Lipinski definition) is 0. The van der Waals surface area contributed by atoms with Gasteiger partial charge in [-0.05, 0) is 47.2 Å². The van der Waals surface area contributed by atoms with E-state index in [2.05, 4.69) is 49.7 Å². The van der Waals surface area contributed by atoms with Crippen molar-refractivity contribution < 1.29 is 9.59 Å². The van der Waals surface area contributed by atoms with Crippen molar-refractivity contribution in [2.45, 2.75) is 52.1 Å². The third-order valence-corrected chi connectivity index (χ3v) is 6.58. The summed E-state index contributed by atoms with van der Waals surface area (Å²) in [4.78, 5) is 30.6. The van der Waals surface area contributed by atoms with Crippen molar-refractivity contribution >= 4 is 11.8 Å². The van der Waals surface area contributed by atoms with Crippen molar-refractivity contribution in [1.29, 1.82) is 0 Å². The van der Waals surface area contributed by atoms with E-state index < -0.39 is 0 Å². The number of nitrogens with zero attached hydrogens (tertiary/aromatic N) is 3. The van der Waals surface area contributed by atoms with Crippen LogP contribution in [0, 0.1) is 0 Å². The Bertz CT molecular complexity index is 1130. The summed E-state index contributed by atoms with van der Waals surface area (Å²) >= 11 is 0. The summed E-state index contributed by atoms with van der Waals surface area (Å²) in [7, 11) is 0. The first-order valence-corrected chi connectivity index (χ1v) is 12.2. The second-order valence-corrected chi connectivity index (χ2v) is 10.1. The number of amides is 2. The van der Waals surface area contributed by atoms with E-state index in [4.69, 9.17) is 0 Å². The second-order valence-electron chi connectivity index (χ2n) is 10.1. The molecule has 2 aromatic carbocycles. The third kappa shape index (κ3) is 4.93. The maximum Gasteiger partial charge on any atom is 0.254 e. The van der Waals surface area contributed by atoms with Crippen molar-refractivity contribution in [2.75, 3.05) is 19.6 Å². The third-order valence-electron chi connectivity index (χ3n) is 6.58. The highest BCUT2D eigenvalue weighted by Crippen LogP contribution is 2.32. The predicted molar refractivity (Wildman–Crippen MR) is 136 cm³/mol. The topological polar surface area (TPSA) is 45.6 Å². The molecule has 0 spiro atoms. The summed E-state index contributed by atoms with van der Waals surface area (Å²) in [6, 6.07) is 21.9. The van der Waals surface area contributed by atoms with E-state index in [1.807, 2.05) is 60.4 Å². The number of fused-ring (bicyclic) bond motifs is 1. The largest absolute Gasteiger partial charge is 0.348 e. The molecule has 34 heavy (non-hydrogen) atoms. The molecule has 0 bridgehead atoms. The lowest BCUT2D eigenvalue weighted by atomic mass is 9.86. The predicted octanol–water partition coefficient (Wildman–Crippen LogP) is 5.27. The van der Waals surface area contributed by atoms with Crippen molar-refractivity contribution in [2.24, 2.45) is 0 Å². The molecule has 5 heteroatoms. The average Bonchev–Trinajstić information content (AvgIpc) is 3.31. The summed E-state index contributed by atoms with van der Waals surface area (Å²) in [5.74, 6) is -0.110. The Kier molecular flexibility index (Phi) is 6.92. The Morgan fingerprint density at radius 2 is 1.65 bits per heavy atom. The van der Waals surface area contributed by atoms with E-state index in [0.29, 0.717) is 18.7 Å². The van der Waals surface area contributed by atoms with Gasteiger partial charge in [0.25, 0.3) is 5.91 Å². The molecule has 3 aromatic rings. The normalized spacial score (nSPS) is 15.6. The fourth-order valence-corrected chi connectivity index (χ4v) is 4.71. The van der Waals surface area contributed by atoms with E-state index in [0.717, 1.165) is 24.2 Å². The Morgan fingerprint density at radius 3 is 2.29 bits per heavy atom. The zero-order valence-corrected chi connectivity index (χ0v) is 20.7. The molecular formula is C29H35N3O2. The van der Waals surface area contributed by atoms with Crippen LogP contribution < -0.4 is 0 Å². The van der Waals surface area contributed by atoms with Gasteiger partial charge in [-0.1, -0.05) is 70.2 Å². The first-order valence-electron chi connectivity index (χ1n) is 12.2. The van der Waals surface area contributed by atoms with Gasteiger partial charge in [0.2, 0.25) is 5.91 Å². The molecule has 178 valence electrons. The first kappa shape index (κ1) is 23.8. The van der Waals surface area contributed by atoms with E-state index >= 15 is 0 Å². The molecule has 0 N–H and O–H groups in total. The van der Waals surface area contributed by atoms with Gasteiger partial charge in [-0.3, -0.25) is 9.59 Å². The number of carbonyl (C=O) groups excluding carboxylic acids is 2. The Labute approximate surface area is 203 Å². The molecule has 1 unspecified atom stereocenters. The molecule has 4 rings (SSSR count). The molecule has 1 aromatic heterocycles. The van der Waals surface area contributed by atoms with Crippen LogP contribution in [0.1, 0.15) is 67.3 Å². The minimum atomic E-state index is -0.151. The molecule has 1 atom stereocenters. The molecular weight excluding hydrogens is 422 g/mol. The van der Waals surface area contributed by atoms with Gasteiger partial charge in [0, 0.05) is 37.1 Å². The zero-order valence-electron chi connectivity index (χ0n) is 20.7. The lowest BCUT2D eigenvalue weighted by Crippen LogP contribution is -2.48. The lowest BCUT2D eigenvalue weighted by Gasteiger charge is -2.38. The molecule has 1 aliphatic heterocycles. The number of hydrogen-bond acceptors (Lipinski definition) is 2. The summed E-state index contributed by atoms with van der Waals surface area (Å²) in [5.41, 5.74) is 4.03. The van der Waals surface area contributed by atoms with Gasteiger partial charge in [-0.25, -0.2) is 0 Å². The average molecular weight is 458 g/mol. The van der Waals surface area contributed by atoms with E-state index in [1.165, 1.54) is 5.56 Å². The molecule has 5 nitrogen and oxygen atoms in total. The monoisotopic (exact) mass is 457 g/mol. The highest BCUT2D eigenvalue weighted by molar-refractivity contribution is 5.96. The summed E-state index contributed by atoms with van der Waals surface area (Å²) in [6.45, 7) is 10.5. The van der Waals surface area contributed by atoms with Crippen molar-refractivity contribution in [3.63, 3.8) is 0 Å². The van der Waals surface area contributed by atoms with Crippen LogP contribution >= 0.6 is 0 Å². The van der Waals surface area contributed by atoms with E-state index in [1.54, 1.807) is 4.90 Å². The molecule has 0 aliphatic carbocycles. The number of rotatable bonds is 6. The smallest absolute Gasteiger partial charge is 0.254 e. The van der Waals surface area contributed by atoms with Gasteiger partial charge in [-0.15, -0.1) is 0 Å². The standard InChI is InChI=1S/C29H35N3O2/c1-5-17-31(28(34)23-13-15-24(16-14-23)29(2,3)4)21-26(33)32-20-19-30-18-9-12-25(30)27(32)22-10-7-6-8-11-22/h6-16,18,27H,5,17,19-21H2,1-4H3. The van der Waals surface area contributed by atoms with Gasteiger partial charge < -0.3 is 14.4 Å². The molecule has 0 fully saturated rings. The lowest BCUT2D eigenvalue weighted by molar-refractivity contribution is -0.134. The highest BCUT2D eigenvalue weighted by Gasteiger charge is 2.33. The second kappa shape index (κ2) is 9.88. The van der Waals surface area contributed by atoms with Crippen LogP contribution in [-0.2, 0) is 16.8 Å². The van der Waals surface area contributed by atoms with Gasteiger partial charge in [0.05, 0.1) is 6.04 Å². The molecule has 0 saturated heterocycles. The van der Waals surface area contributed by atoms with Crippen LogP contribution in [0.2, 0.25) is 0 Å². The summed E-state index contributed by atoms with van der Waals surface area (Å²) < 4.78 is 2.22. The minimum Gasteiger partial charge on any atom is -0.348 e. The van der Waals surface area contributed by atoms with Gasteiger partial charge in [0.1, 0.15) is 6.54 Å². The number of benzene rings is 2. The van der Waals surface area contributed by atoms with Crippen LogP contribution in [0.4, 0.5) is 0 Å². The molecule has 2 heterocycles. The Hall–Kier alpha value is -3.34. The summed E-state index contributed by atoms with van der Waals surface area (Å²) in [5, 5.41) is 0. The van der Waals surface area contributed by atoms with E-state index in [9.17, 15) is 9.59 Å². The van der Waals surface area contributed by atoms with Crippen molar-refractivity contribution in [3.05, 3.63) is 95.3 Å².